The first kappa shape index (κ1) is 29.1. The third-order valence-corrected chi connectivity index (χ3v) is 7.49. The molecule has 0 aliphatic carbocycles. The first-order valence-electron chi connectivity index (χ1n) is 14.6. The van der Waals surface area contributed by atoms with Crippen LogP contribution in [0.3, 0.4) is 0 Å². The van der Waals surface area contributed by atoms with Crippen molar-refractivity contribution in [2.45, 2.75) is 71.4 Å². The van der Waals surface area contributed by atoms with E-state index in [0.717, 1.165) is 58.5 Å². The third-order valence-electron chi connectivity index (χ3n) is 7.49. The van der Waals surface area contributed by atoms with Gasteiger partial charge >= 0.3 is 0 Å². The molecule has 3 aromatic carbocycles. The number of ketones is 1. The molecule has 0 aliphatic rings. The number of imidazole rings is 1. The molecule has 0 unspecified atom stereocenters. The van der Waals surface area contributed by atoms with E-state index in [1.165, 1.54) is 0 Å². The zero-order valence-electron chi connectivity index (χ0n) is 24.5. The van der Waals surface area contributed by atoms with Gasteiger partial charge in [-0.1, -0.05) is 74.0 Å². The van der Waals surface area contributed by atoms with Crippen LogP contribution in [0.25, 0.3) is 33.6 Å². The molecule has 8 heteroatoms. The van der Waals surface area contributed by atoms with E-state index >= 15 is 0 Å². The number of hydrogen-bond donors (Lipinski definition) is 2. The molecule has 0 fully saturated rings. The lowest BCUT2D eigenvalue weighted by Crippen LogP contribution is -2.19. The lowest BCUT2D eigenvalue weighted by molar-refractivity contribution is 0.0669. The van der Waals surface area contributed by atoms with Gasteiger partial charge in [-0.25, -0.2) is 4.98 Å². The SMILES string of the molecule is CCCCc1ncc(C(=O)CCCC(C)(C)O)n1Cc1ccc(-c2cc(-c3ccccc3)ccc2-c2nn[nH]n2)cc1. The highest BCUT2D eigenvalue weighted by Crippen LogP contribution is 2.34. The zero-order chi connectivity index (χ0) is 29.5. The lowest BCUT2D eigenvalue weighted by atomic mass is 9.93. The number of benzene rings is 3. The van der Waals surface area contributed by atoms with Gasteiger partial charge in [0.25, 0.3) is 0 Å². The van der Waals surface area contributed by atoms with Gasteiger partial charge in [0.2, 0.25) is 5.82 Å². The summed E-state index contributed by atoms with van der Waals surface area (Å²) in [6.45, 7) is 6.27. The number of rotatable bonds is 13. The molecule has 2 N–H and O–H groups in total. The minimum Gasteiger partial charge on any atom is -0.390 e. The Morgan fingerprint density at radius 1 is 0.929 bits per heavy atom. The smallest absolute Gasteiger partial charge is 0.205 e. The number of nitrogens with zero attached hydrogens (tertiary/aromatic N) is 5. The van der Waals surface area contributed by atoms with Crippen molar-refractivity contribution in [1.29, 1.82) is 0 Å². The first-order valence-corrected chi connectivity index (χ1v) is 14.6. The maximum atomic E-state index is 13.2. The van der Waals surface area contributed by atoms with E-state index in [9.17, 15) is 9.90 Å². The summed E-state index contributed by atoms with van der Waals surface area (Å²) in [6.07, 6.45) is 6.22. The summed E-state index contributed by atoms with van der Waals surface area (Å²) < 4.78 is 2.07. The molecule has 42 heavy (non-hydrogen) atoms. The van der Waals surface area contributed by atoms with Crippen molar-refractivity contribution in [3.05, 3.63) is 96.1 Å². The monoisotopic (exact) mass is 562 g/mol. The molecule has 2 aromatic heterocycles. The quantitative estimate of drug-likeness (QED) is 0.151. The summed E-state index contributed by atoms with van der Waals surface area (Å²) in [7, 11) is 0. The Hall–Kier alpha value is -4.43. The normalized spacial score (nSPS) is 11.6. The van der Waals surface area contributed by atoms with Crippen molar-refractivity contribution in [3.8, 4) is 33.6 Å². The molecule has 8 nitrogen and oxygen atoms in total. The van der Waals surface area contributed by atoms with Crippen LogP contribution in [0.5, 0.6) is 0 Å². The molecule has 0 spiro atoms. The number of aromatic amines is 1. The summed E-state index contributed by atoms with van der Waals surface area (Å²) in [6, 6.07) is 25.0. The number of aromatic nitrogens is 6. The minimum absolute atomic E-state index is 0.0635. The van der Waals surface area contributed by atoms with Gasteiger partial charge in [0, 0.05) is 24.9 Å². The molecule has 0 saturated heterocycles. The van der Waals surface area contributed by atoms with E-state index in [4.69, 9.17) is 0 Å². The highest BCUT2D eigenvalue weighted by atomic mass is 16.3. The number of carbonyl (C=O) groups is 1. The molecule has 5 rings (SSSR count). The molecule has 0 amide bonds. The molecule has 0 aliphatic heterocycles. The van der Waals surface area contributed by atoms with E-state index in [1.54, 1.807) is 20.0 Å². The van der Waals surface area contributed by atoms with Crippen molar-refractivity contribution in [1.82, 2.24) is 30.2 Å². The third kappa shape index (κ3) is 7.06. The molecular formula is C34H38N6O2. The second-order valence-corrected chi connectivity index (χ2v) is 11.4. The van der Waals surface area contributed by atoms with Crippen molar-refractivity contribution in [2.24, 2.45) is 0 Å². The van der Waals surface area contributed by atoms with Gasteiger partial charge in [0.15, 0.2) is 5.78 Å². The van der Waals surface area contributed by atoms with Crippen LogP contribution in [0.15, 0.2) is 79.0 Å². The highest BCUT2D eigenvalue weighted by molar-refractivity contribution is 5.94. The Morgan fingerprint density at radius 2 is 1.69 bits per heavy atom. The van der Waals surface area contributed by atoms with Gasteiger partial charge < -0.3 is 9.67 Å². The molecule has 2 heterocycles. The van der Waals surface area contributed by atoms with Crippen LogP contribution >= 0.6 is 0 Å². The van der Waals surface area contributed by atoms with Crippen LogP contribution in [0.4, 0.5) is 0 Å². The second-order valence-electron chi connectivity index (χ2n) is 11.4. The number of hydrogen-bond acceptors (Lipinski definition) is 6. The fraction of sp³-hybridized carbons (Fsp3) is 0.324. The topological polar surface area (TPSA) is 110 Å². The zero-order valence-corrected chi connectivity index (χ0v) is 24.5. The molecular weight excluding hydrogens is 524 g/mol. The largest absolute Gasteiger partial charge is 0.390 e. The van der Waals surface area contributed by atoms with Crippen LogP contribution < -0.4 is 0 Å². The summed E-state index contributed by atoms with van der Waals surface area (Å²) in [5.41, 5.74) is 6.12. The number of tetrazole rings is 1. The van der Waals surface area contributed by atoms with Crippen molar-refractivity contribution in [3.63, 3.8) is 0 Å². The number of aliphatic hydroxyl groups is 1. The fourth-order valence-corrected chi connectivity index (χ4v) is 5.19. The summed E-state index contributed by atoms with van der Waals surface area (Å²) in [5.74, 6) is 1.54. The maximum absolute atomic E-state index is 13.2. The number of aryl methyl sites for hydroxylation is 1. The van der Waals surface area contributed by atoms with Gasteiger partial charge in [-0.2, -0.15) is 5.21 Å². The van der Waals surface area contributed by atoms with E-state index in [1.807, 2.05) is 24.3 Å². The molecule has 0 atom stereocenters. The molecule has 0 bridgehead atoms. The van der Waals surface area contributed by atoms with Gasteiger partial charge in [-0.05, 0) is 78.3 Å². The van der Waals surface area contributed by atoms with Crippen molar-refractivity contribution < 1.29 is 9.90 Å². The Labute approximate surface area is 246 Å². The van der Waals surface area contributed by atoms with E-state index < -0.39 is 5.60 Å². The van der Waals surface area contributed by atoms with Crippen molar-refractivity contribution >= 4 is 5.78 Å². The predicted octanol–water partition coefficient (Wildman–Crippen LogP) is 6.91. The van der Waals surface area contributed by atoms with E-state index in [0.29, 0.717) is 37.3 Å². The molecule has 0 saturated carbocycles. The summed E-state index contributed by atoms with van der Waals surface area (Å²) in [4.78, 5) is 17.8. The number of Topliss-reactive ketones (excluding diaryl/α,β-unsaturated/α-hetero) is 1. The van der Waals surface area contributed by atoms with Gasteiger partial charge in [-0.3, -0.25) is 4.79 Å². The summed E-state index contributed by atoms with van der Waals surface area (Å²) >= 11 is 0. The minimum atomic E-state index is -0.779. The lowest BCUT2D eigenvalue weighted by Gasteiger charge is -2.16. The standard InChI is InChI=1S/C34H38N6O2/c1-4-5-13-32-35-22-30(31(41)12-9-20-34(2,3)42)40(32)23-24-14-16-26(17-15-24)29-21-27(25-10-7-6-8-11-25)18-19-28(29)33-36-38-39-37-33/h6-8,10-11,14-19,21-22,42H,4-5,9,12-13,20,23H2,1-3H3,(H,36,37,38,39). The van der Waals surface area contributed by atoms with Crippen LogP contribution in [-0.4, -0.2) is 46.7 Å². The highest BCUT2D eigenvalue weighted by Gasteiger charge is 2.19. The predicted molar refractivity (Wildman–Crippen MR) is 165 cm³/mol. The number of unbranched alkanes of at least 4 members (excludes halogenated alkanes) is 1. The molecule has 216 valence electrons. The Balaban J connectivity index is 1.43. The van der Waals surface area contributed by atoms with Gasteiger partial charge in [0.05, 0.1) is 11.8 Å². The first-order chi connectivity index (χ1) is 20.3. The van der Waals surface area contributed by atoms with Crippen LogP contribution in [-0.2, 0) is 13.0 Å². The van der Waals surface area contributed by atoms with Crippen LogP contribution in [0.2, 0.25) is 0 Å². The van der Waals surface area contributed by atoms with E-state index in [2.05, 4.69) is 85.6 Å². The average Bonchev–Trinajstić information content (AvgIpc) is 3.67. The van der Waals surface area contributed by atoms with Gasteiger partial charge in [-0.15, -0.1) is 10.2 Å². The van der Waals surface area contributed by atoms with E-state index in [-0.39, 0.29) is 5.78 Å². The Kier molecular flexibility index (Phi) is 9.03. The number of H-pyrrole nitrogens is 1. The van der Waals surface area contributed by atoms with Gasteiger partial charge in [0.1, 0.15) is 11.5 Å². The summed E-state index contributed by atoms with van der Waals surface area (Å²) in [5, 5.41) is 24.9. The maximum Gasteiger partial charge on any atom is 0.205 e. The molecule has 0 radical (unpaired) electrons. The number of nitrogens with one attached hydrogen (secondary N) is 1. The van der Waals surface area contributed by atoms with Crippen LogP contribution in [0.1, 0.15) is 74.8 Å². The Bertz CT molecular complexity index is 1600. The average molecular weight is 563 g/mol. The molecule has 5 aromatic rings. The Morgan fingerprint density at radius 3 is 2.38 bits per heavy atom. The van der Waals surface area contributed by atoms with Crippen molar-refractivity contribution in [2.75, 3.05) is 0 Å². The number of carbonyl (C=O) groups excluding carboxylic acids is 1. The fourth-order valence-electron chi connectivity index (χ4n) is 5.19. The second kappa shape index (κ2) is 13.0. The van der Waals surface area contributed by atoms with Crippen LogP contribution in [0, 0.1) is 0 Å².